The van der Waals surface area contributed by atoms with Crippen LogP contribution in [-0.2, 0) is 11.2 Å². The van der Waals surface area contributed by atoms with Crippen molar-refractivity contribution in [1.82, 2.24) is 19.9 Å². The summed E-state index contributed by atoms with van der Waals surface area (Å²) in [5.41, 5.74) is 8.74. The first-order chi connectivity index (χ1) is 12.7. The Bertz CT molecular complexity index is 878. The number of nitrogens with two attached hydrogens (primary N) is 1. The Hall–Kier alpha value is -2.44. The molecule has 1 aliphatic rings. The van der Waals surface area contributed by atoms with Crippen LogP contribution in [0, 0.1) is 19.8 Å². The number of rotatable bonds is 5. The second-order valence-electron chi connectivity index (χ2n) is 8.21. The molecule has 3 N–H and O–H groups in total. The van der Waals surface area contributed by atoms with Crippen LogP contribution in [0.5, 0.6) is 0 Å². The zero-order valence-corrected chi connectivity index (χ0v) is 16.6. The van der Waals surface area contributed by atoms with Crippen LogP contribution in [0.3, 0.4) is 0 Å². The highest BCUT2D eigenvalue weighted by Crippen LogP contribution is 2.31. The van der Waals surface area contributed by atoms with Gasteiger partial charge in [-0.3, -0.25) is 9.59 Å². The highest BCUT2D eigenvalue weighted by Gasteiger charge is 2.30. The predicted octanol–water partition coefficient (Wildman–Crippen LogP) is 2.46. The molecule has 146 valence electrons. The van der Waals surface area contributed by atoms with Crippen LogP contribution < -0.4 is 11.1 Å². The van der Waals surface area contributed by atoms with E-state index in [4.69, 9.17) is 5.73 Å². The van der Waals surface area contributed by atoms with Crippen molar-refractivity contribution in [3.05, 3.63) is 28.7 Å². The summed E-state index contributed by atoms with van der Waals surface area (Å²) in [6, 6.07) is 0. The van der Waals surface area contributed by atoms with E-state index in [9.17, 15) is 9.59 Å². The highest BCUT2D eigenvalue weighted by atomic mass is 16.2. The Kier molecular flexibility index (Phi) is 5.22. The van der Waals surface area contributed by atoms with Crippen LogP contribution in [-0.4, -0.2) is 32.0 Å². The Morgan fingerprint density at radius 1 is 1.33 bits per heavy atom. The van der Waals surface area contributed by atoms with Crippen molar-refractivity contribution in [3.8, 4) is 0 Å². The van der Waals surface area contributed by atoms with Crippen molar-refractivity contribution in [1.29, 1.82) is 0 Å². The molecule has 3 rings (SSSR count). The summed E-state index contributed by atoms with van der Waals surface area (Å²) >= 11 is 0. The van der Waals surface area contributed by atoms with E-state index in [0.29, 0.717) is 24.1 Å². The van der Waals surface area contributed by atoms with Gasteiger partial charge >= 0.3 is 0 Å². The molecule has 1 aliphatic carbocycles. The third-order valence-corrected chi connectivity index (χ3v) is 5.90. The third kappa shape index (κ3) is 3.96. The Balaban J connectivity index is 1.71. The van der Waals surface area contributed by atoms with Gasteiger partial charge in [0.1, 0.15) is 5.56 Å². The smallest absolute Gasteiger partial charge is 0.254 e. The number of carbonyl (C=O) groups excluding carboxylic acids is 2. The lowest BCUT2D eigenvalue weighted by Crippen LogP contribution is -2.48. The first-order valence-corrected chi connectivity index (χ1v) is 9.65. The fraction of sp³-hybridized carbons (Fsp3) is 0.600. The molecule has 0 aromatic carbocycles. The molecule has 0 radical (unpaired) electrons. The fourth-order valence-corrected chi connectivity index (χ4v) is 4.01. The van der Waals surface area contributed by atoms with E-state index in [0.717, 1.165) is 48.6 Å². The molecule has 7 heteroatoms. The van der Waals surface area contributed by atoms with Crippen molar-refractivity contribution in [2.75, 3.05) is 0 Å². The maximum absolute atomic E-state index is 12.5. The van der Waals surface area contributed by atoms with E-state index in [1.165, 1.54) is 6.20 Å². The molecule has 0 atom stereocenters. The molecule has 2 amide bonds. The van der Waals surface area contributed by atoms with Gasteiger partial charge in [-0.25, -0.2) is 9.50 Å². The molecular weight excluding hydrogens is 342 g/mol. The average Bonchev–Trinajstić information content (AvgIpc) is 3.01. The number of carbonyl (C=O) groups is 2. The van der Waals surface area contributed by atoms with Gasteiger partial charge in [-0.2, -0.15) is 5.10 Å². The lowest BCUT2D eigenvalue weighted by molar-refractivity contribution is -0.123. The number of amides is 2. The second kappa shape index (κ2) is 7.29. The molecule has 0 saturated heterocycles. The average molecular weight is 371 g/mol. The van der Waals surface area contributed by atoms with Gasteiger partial charge in [0, 0.05) is 23.3 Å². The molecule has 1 saturated carbocycles. The quantitative estimate of drug-likeness (QED) is 0.843. The molecule has 2 aromatic rings. The summed E-state index contributed by atoms with van der Waals surface area (Å²) in [7, 11) is 0. The molecule has 2 aromatic heterocycles. The van der Waals surface area contributed by atoms with Gasteiger partial charge in [-0.15, -0.1) is 0 Å². The van der Waals surface area contributed by atoms with Gasteiger partial charge < -0.3 is 11.1 Å². The summed E-state index contributed by atoms with van der Waals surface area (Å²) < 4.78 is 1.63. The SMILES string of the molecule is Cc1nc2c(C(N)=O)cnn2c(C)c1CCC(=O)NC1(C)CCC(C)CC1. The zero-order chi connectivity index (χ0) is 19.8. The van der Waals surface area contributed by atoms with Gasteiger partial charge in [0.25, 0.3) is 5.91 Å². The zero-order valence-electron chi connectivity index (χ0n) is 16.6. The summed E-state index contributed by atoms with van der Waals surface area (Å²) in [6.45, 7) is 8.24. The van der Waals surface area contributed by atoms with E-state index in [1.54, 1.807) is 4.52 Å². The maximum Gasteiger partial charge on any atom is 0.254 e. The van der Waals surface area contributed by atoms with Crippen LogP contribution in [0.15, 0.2) is 6.20 Å². The molecule has 0 aliphatic heterocycles. The Morgan fingerprint density at radius 2 is 2.00 bits per heavy atom. The van der Waals surface area contributed by atoms with Crippen molar-refractivity contribution >= 4 is 17.5 Å². The first-order valence-electron chi connectivity index (χ1n) is 9.65. The van der Waals surface area contributed by atoms with Crippen molar-refractivity contribution < 1.29 is 9.59 Å². The minimum Gasteiger partial charge on any atom is -0.365 e. The van der Waals surface area contributed by atoms with Crippen molar-refractivity contribution in [3.63, 3.8) is 0 Å². The van der Waals surface area contributed by atoms with Crippen LogP contribution in [0.4, 0.5) is 0 Å². The lowest BCUT2D eigenvalue weighted by Gasteiger charge is -2.37. The number of aromatic nitrogens is 3. The Morgan fingerprint density at radius 3 is 2.63 bits per heavy atom. The normalized spacial score (nSPS) is 22.7. The predicted molar refractivity (Wildman–Crippen MR) is 103 cm³/mol. The van der Waals surface area contributed by atoms with Crippen molar-refractivity contribution in [2.45, 2.75) is 71.8 Å². The van der Waals surface area contributed by atoms with Crippen LogP contribution in [0.1, 0.15) is 73.3 Å². The van der Waals surface area contributed by atoms with Gasteiger partial charge in [-0.1, -0.05) is 6.92 Å². The third-order valence-electron chi connectivity index (χ3n) is 5.90. The minimum atomic E-state index is -0.543. The van der Waals surface area contributed by atoms with Gasteiger partial charge in [0.2, 0.25) is 5.91 Å². The number of hydrogen-bond acceptors (Lipinski definition) is 4. The fourth-order valence-electron chi connectivity index (χ4n) is 4.01. The summed E-state index contributed by atoms with van der Waals surface area (Å²) in [5, 5.41) is 7.47. The van der Waals surface area contributed by atoms with Crippen LogP contribution in [0.2, 0.25) is 0 Å². The number of nitrogens with zero attached hydrogens (tertiary/aromatic N) is 3. The highest BCUT2D eigenvalue weighted by molar-refractivity contribution is 5.98. The number of hydrogen-bond donors (Lipinski definition) is 2. The molecule has 1 fully saturated rings. The van der Waals surface area contributed by atoms with Crippen LogP contribution in [0.25, 0.3) is 5.65 Å². The molecule has 0 unspecified atom stereocenters. The summed E-state index contributed by atoms with van der Waals surface area (Å²) in [6.07, 6.45) is 6.84. The number of primary amides is 1. The van der Waals surface area contributed by atoms with Gasteiger partial charge in [0.05, 0.1) is 6.20 Å². The largest absolute Gasteiger partial charge is 0.365 e. The van der Waals surface area contributed by atoms with E-state index in [2.05, 4.69) is 29.2 Å². The van der Waals surface area contributed by atoms with E-state index >= 15 is 0 Å². The number of aryl methyl sites for hydroxylation is 2. The summed E-state index contributed by atoms with van der Waals surface area (Å²) in [4.78, 5) is 28.6. The molecule has 7 nitrogen and oxygen atoms in total. The topological polar surface area (TPSA) is 102 Å². The summed E-state index contributed by atoms with van der Waals surface area (Å²) in [5.74, 6) is 0.278. The van der Waals surface area contributed by atoms with E-state index < -0.39 is 5.91 Å². The minimum absolute atomic E-state index is 0.0734. The second-order valence-corrected chi connectivity index (χ2v) is 8.21. The van der Waals surface area contributed by atoms with E-state index in [-0.39, 0.29) is 11.4 Å². The Labute approximate surface area is 159 Å². The molecule has 2 heterocycles. The maximum atomic E-state index is 12.5. The number of nitrogens with one attached hydrogen (secondary N) is 1. The molecule has 27 heavy (non-hydrogen) atoms. The first kappa shape index (κ1) is 19.3. The molecule has 0 spiro atoms. The number of fused-ring (bicyclic) bond motifs is 1. The van der Waals surface area contributed by atoms with E-state index in [1.807, 2.05) is 13.8 Å². The lowest BCUT2D eigenvalue weighted by atomic mass is 9.78. The van der Waals surface area contributed by atoms with Gasteiger partial charge in [0.15, 0.2) is 5.65 Å². The molecule has 0 bridgehead atoms. The van der Waals surface area contributed by atoms with Crippen molar-refractivity contribution in [2.24, 2.45) is 11.7 Å². The standard InChI is InChI=1S/C20H29N5O2/c1-12-7-9-20(4,10-8-12)24-17(26)6-5-15-13(2)23-19-16(18(21)27)11-22-25(19)14(15)3/h11-12H,5-10H2,1-4H3,(H2,21,27)(H,24,26). The van der Waals surface area contributed by atoms with Crippen LogP contribution >= 0.6 is 0 Å². The molecular formula is C20H29N5O2. The van der Waals surface area contributed by atoms with Gasteiger partial charge in [-0.05, 0) is 64.4 Å². The monoisotopic (exact) mass is 371 g/mol.